The minimum Gasteiger partial charge on any atom is -0.356 e. The molecule has 1 atom stereocenters. The summed E-state index contributed by atoms with van der Waals surface area (Å²) in [6.07, 6.45) is 7.24. The first kappa shape index (κ1) is 29.9. The lowest BCUT2D eigenvalue weighted by atomic mass is 9.98. The van der Waals surface area contributed by atoms with E-state index in [2.05, 4.69) is 42.9 Å². The number of rotatable bonds is 6. The van der Waals surface area contributed by atoms with E-state index in [9.17, 15) is 4.79 Å². The van der Waals surface area contributed by atoms with E-state index in [-0.39, 0.29) is 23.3 Å². The summed E-state index contributed by atoms with van der Waals surface area (Å²) in [6, 6.07) is 11.9. The first-order valence-corrected chi connectivity index (χ1v) is 15.6. The summed E-state index contributed by atoms with van der Waals surface area (Å²) in [5, 5.41) is 19.7. The van der Waals surface area contributed by atoms with Crippen LogP contribution in [0.15, 0.2) is 55.0 Å². The monoisotopic (exact) mass is 622 g/mol. The molecule has 2 saturated heterocycles. The summed E-state index contributed by atoms with van der Waals surface area (Å²) >= 11 is 0. The number of hydrogen-bond acceptors (Lipinski definition) is 10. The van der Waals surface area contributed by atoms with Crippen molar-refractivity contribution < 1.29 is 14.3 Å². The second-order valence-corrected chi connectivity index (χ2v) is 13.0. The molecular formula is C33H38N10O3. The van der Waals surface area contributed by atoms with Gasteiger partial charge in [0.05, 0.1) is 54.1 Å². The number of nitrogens with zero attached hydrogens (tertiary/aromatic N) is 9. The van der Waals surface area contributed by atoms with Crippen LogP contribution >= 0.6 is 0 Å². The normalized spacial score (nSPS) is 17.1. The number of fused-ring (bicyclic) bond motifs is 1. The molecule has 0 bridgehead atoms. The quantitative estimate of drug-likeness (QED) is 0.291. The first-order valence-electron chi connectivity index (χ1n) is 15.6. The molecule has 1 amide bonds. The Balaban J connectivity index is 1.10. The molecule has 0 radical (unpaired) electrons. The van der Waals surface area contributed by atoms with E-state index < -0.39 is 5.79 Å². The minimum absolute atomic E-state index is 0.0419. The SMILES string of the molecule is Cc1cc(-c2nc(-c3ccc(N4CCC5(CC4)OCCO5)nc3)cn3nccc23)ccc1C(C)NC(=O)c1nnn(C(C)(C)C)n1. The highest BCUT2D eigenvalue weighted by Gasteiger charge is 2.40. The first-order chi connectivity index (χ1) is 22.1. The summed E-state index contributed by atoms with van der Waals surface area (Å²) < 4.78 is 13.6. The molecule has 1 N–H and O–H groups in total. The molecule has 5 aromatic rings. The maximum atomic E-state index is 12.9. The molecule has 238 valence electrons. The predicted molar refractivity (Wildman–Crippen MR) is 171 cm³/mol. The Bertz CT molecular complexity index is 1880. The molecule has 13 heteroatoms. The summed E-state index contributed by atoms with van der Waals surface area (Å²) in [5.41, 5.74) is 5.96. The average molecular weight is 623 g/mol. The van der Waals surface area contributed by atoms with Crippen LogP contribution in [-0.4, -0.2) is 77.8 Å². The molecule has 4 aromatic heterocycles. The number of nitrogens with one attached hydrogen (secondary N) is 1. The molecule has 1 aromatic carbocycles. The molecule has 1 unspecified atom stereocenters. The number of aromatic nitrogens is 8. The maximum absolute atomic E-state index is 12.9. The highest BCUT2D eigenvalue weighted by Crippen LogP contribution is 2.34. The molecule has 7 rings (SSSR count). The number of tetrazole rings is 1. The second kappa shape index (κ2) is 11.6. The van der Waals surface area contributed by atoms with Crippen LogP contribution < -0.4 is 10.2 Å². The lowest BCUT2D eigenvalue weighted by Crippen LogP contribution is -2.45. The Kier molecular flexibility index (Phi) is 7.52. The van der Waals surface area contributed by atoms with Crippen molar-refractivity contribution in [2.75, 3.05) is 31.2 Å². The Hall–Kier alpha value is -4.75. The third-order valence-electron chi connectivity index (χ3n) is 8.67. The van der Waals surface area contributed by atoms with Crippen LogP contribution in [0.4, 0.5) is 5.82 Å². The van der Waals surface area contributed by atoms with Crippen molar-refractivity contribution in [2.24, 2.45) is 0 Å². The zero-order chi connectivity index (χ0) is 32.1. The van der Waals surface area contributed by atoms with Crippen molar-refractivity contribution in [2.45, 2.75) is 64.8 Å². The van der Waals surface area contributed by atoms with Crippen LogP contribution in [0.3, 0.4) is 0 Å². The van der Waals surface area contributed by atoms with Gasteiger partial charge in [0, 0.05) is 43.3 Å². The van der Waals surface area contributed by atoms with E-state index in [0.29, 0.717) is 13.2 Å². The zero-order valence-corrected chi connectivity index (χ0v) is 26.8. The predicted octanol–water partition coefficient (Wildman–Crippen LogP) is 4.34. The van der Waals surface area contributed by atoms with Gasteiger partial charge in [-0.25, -0.2) is 14.5 Å². The van der Waals surface area contributed by atoms with Crippen LogP contribution in [0.1, 0.15) is 68.3 Å². The molecule has 2 aliphatic rings. The number of benzene rings is 1. The largest absolute Gasteiger partial charge is 0.356 e. The van der Waals surface area contributed by atoms with Crippen molar-refractivity contribution in [3.63, 3.8) is 0 Å². The van der Waals surface area contributed by atoms with E-state index in [1.807, 2.05) is 75.8 Å². The Morgan fingerprint density at radius 2 is 1.80 bits per heavy atom. The average Bonchev–Trinajstić information content (AvgIpc) is 3.83. The fraction of sp³-hybridized carbons (Fsp3) is 0.424. The van der Waals surface area contributed by atoms with Gasteiger partial charge in [-0.1, -0.05) is 12.1 Å². The molecule has 2 aliphatic heterocycles. The molecule has 0 aliphatic carbocycles. The van der Waals surface area contributed by atoms with Gasteiger partial charge in [0.2, 0.25) is 0 Å². The molecule has 2 fully saturated rings. The van der Waals surface area contributed by atoms with Crippen LogP contribution in [0.25, 0.3) is 28.0 Å². The van der Waals surface area contributed by atoms with Crippen molar-refractivity contribution in [3.8, 4) is 22.5 Å². The van der Waals surface area contributed by atoms with Crippen LogP contribution in [-0.2, 0) is 15.0 Å². The van der Waals surface area contributed by atoms with Crippen molar-refractivity contribution in [1.82, 2.24) is 45.1 Å². The van der Waals surface area contributed by atoms with Gasteiger partial charge in [-0.05, 0) is 75.2 Å². The molecule has 6 heterocycles. The number of pyridine rings is 1. The van der Waals surface area contributed by atoms with Crippen LogP contribution in [0.2, 0.25) is 0 Å². The van der Waals surface area contributed by atoms with E-state index in [0.717, 1.165) is 70.9 Å². The van der Waals surface area contributed by atoms with E-state index in [1.54, 1.807) is 6.20 Å². The lowest BCUT2D eigenvalue weighted by molar-refractivity contribution is -0.169. The number of carbonyl (C=O) groups excluding carboxylic acids is 1. The van der Waals surface area contributed by atoms with Gasteiger partial charge >= 0.3 is 0 Å². The van der Waals surface area contributed by atoms with E-state index >= 15 is 0 Å². The molecule has 13 nitrogen and oxygen atoms in total. The number of ether oxygens (including phenoxy) is 2. The van der Waals surface area contributed by atoms with Crippen molar-refractivity contribution >= 4 is 17.2 Å². The van der Waals surface area contributed by atoms with Gasteiger partial charge in [-0.2, -0.15) is 9.90 Å². The molecule has 1 spiro atoms. The van der Waals surface area contributed by atoms with E-state index in [4.69, 9.17) is 19.4 Å². The standard InChI is InChI=1S/C33H38N10O3/c1-21-18-23(6-8-25(21)22(2)36-31(44)30-38-40-43(39-30)32(3,4)5)29-27-10-13-35-42(27)20-26(37-29)24-7-9-28(34-19-24)41-14-11-33(12-15-41)45-16-17-46-33/h6-10,13,18-20,22H,11-12,14-17H2,1-5H3,(H,36,44). The van der Waals surface area contributed by atoms with Gasteiger partial charge in [0.15, 0.2) is 5.79 Å². The van der Waals surface area contributed by atoms with Crippen molar-refractivity contribution in [3.05, 3.63) is 71.9 Å². The van der Waals surface area contributed by atoms with Gasteiger partial charge in [-0.3, -0.25) is 4.79 Å². The van der Waals surface area contributed by atoms with E-state index in [1.165, 1.54) is 4.80 Å². The number of anilines is 1. The van der Waals surface area contributed by atoms with Gasteiger partial charge < -0.3 is 19.7 Å². The van der Waals surface area contributed by atoms with Crippen LogP contribution in [0.5, 0.6) is 0 Å². The smallest absolute Gasteiger partial charge is 0.293 e. The Morgan fingerprint density at radius 1 is 1.04 bits per heavy atom. The van der Waals surface area contributed by atoms with Crippen LogP contribution in [0, 0.1) is 6.92 Å². The Morgan fingerprint density at radius 3 is 2.48 bits per heavy atom. The summed E-state index contributed by atoms with van der Waals surface area (Å²) in [7, 11) is 0. The third kappa shape index (κ3) is 5.71. The van der Waals surface area contributed by atoms with Gasteiger partial charge in [0.1, 0.15) is 5.82 Å². The number of aryl methyl sites for hydroxylation is 1. The summed E-state index contributed by atoms with van der Waals surface area (Å²) in [4.78, 5) is 26.5. The molecular weight excluding hydrogens is 584 g/mol. The minimum atomic E-state index is -0.412. The van der Waals surface area contributed by atoms with Gasteiger partial charge in [0.25, 0.3) is 11.7 Å². The molecule has 0 saturated carbocycles. The maximum Gasteiger partial charge on any atom is 0.293 e. The third-order valence-corrected chi connectivity index (χ3v) is 8.67. The Labute approximate surface area is 266 Å². The van der Waals surface area contributed by atoms with Crippen molar-refractivity contribution in [1.29, 1.82) is 0 Å². The number of amides is 1. The summed E-state index contributed by atoms with van der Waals surface area (Å²) in [6.45, 7) is 12.8. The number of carbonyl (C=O) groups is 1. The molecule has 46 heavy (non-hydrogen) atoms. The topological polar surface area (TPSA) is 137 Å². The number of piperidine rings is 1. The summed E-state index contributed by atoms with van der Waals surface area (Å²) in [5.74, 6) is 0.187. The number of hydrogen-bond donors (Lipinski definition) is 1. The highest BCUT2D eigenvalue weighted by molar-refractivity contribution is 5.90. The van der Waals surface area contributed by atoms with Gasteiger partial charge in [-0.15, -0.1) is 10.2 Å². The zero-order valence-electron chi connectivity index (χ0n) is 26.8. The lowest BCUT2D eigenvalue weighted by Gasteiger charge is -2.38. The fourth-order valence-corrected chi connectivity index (χ4v) is 6.10. The fourth-order valence-electron chi connectivity index (χ4n) is 6.10. The highest BCUT2D eigenvalue weighted by atomic mass is 16.7. The second-order valence-electron chi connectivity index (χ2n) is 13.0.